The van der Waals surface area contributed by atoms with Crippen molar-refractivity contribution in [2.24, 2.45) is 0 Å². The van der Waals surface area contributed by atoms with Crippen LogP contribution in [0.25, 0.3) is 0 Å². The van der Waals surface area contributed by atoms with Crippen LogP contribution in [0.1, 0.15) is 29.5 Å². The largest absolute Gasteiger partial charge is 0.395 e. The summed E-state index contributed by atoms with van der Waals surface area (Å²) in [4.78, 5) is 12.2. The highest BCUT2D eigenvalue weighted by molar-refractivity contribution is 6.40. The average Bonchev–Trinajstić information content (AvgIpc) is 2.76. The molecule has 112 valence electrons. The molecule has 1 amide bonds. The molecule has 0 aliphatic rings. The van der Waals surface area contributed by atoms with E-state index in [1.165, 1.54) is 0 Å². The Morgan fingerprint density at radius 3 is 2.62 bits per heavy atom. The minimum atomic E-state index is -0.590. The van der Waals surface area contributed by atoms with Crippen LogP contribution in [0, 0.1) is 5.82 Å². The van der Waals surface area contributed by atoms with E-state index < -0.39 is 11.7 Å². The molecule has 1 aromatic heterocycles. The highest BCUT2D eigenvalue weighted by Crippen LogP contribution is 2.32. The minimum Gasteiger partial charge on any atom is -0.395 e. The van der Waals surface area contributed by atoms with E-state index in [2.05, 4.69) is 15.5 Å². The number of aromatic nitrogens is 2. The number of nitrogens with one attached hydrogen (secondary N) is 2. The van der Waals surface area contributed by atoms with Gasteiger partial charge < -0.3 is 11.1 Å². The fourth-order valence-corrected chi connectivity index (χ4v) is 2.39. The first kappa shape index (κ1) is 15.6. The van der Waals surface area contributed by atoms with E-state index in [1.807, 2.05) is 6.92 Å². The molecule has 0 saturated carbocycles. The zero-order chi connectivity index (χ0) is 15.6. The van der Waals surface area contributed by atoms with Gasteiger partial charge in [0.25, 0.3) is 5.91 Å². The number of aromatic amines is 1. The van der Waals surface area contributed by atoms with Gasteiger partial charge in [0.1, 0.15) is 5.82 Å². The third-order valence-corrected chi connectivity index (χ3v) is 3.44. The molecule has 0 radical (unpaired) electrons. The number of anilines is 2. The summed E-state index contributed by atoms with van der Waals surface area (Å²) in [7, 11) is 0. The Labute approximate surface area is 130 Å². The van der Waals surface area contributed by atoms with Crippen molar-refractivity contribution in [3.63, 3.8) is 0 Å². The summed E-state index contributed by atoms with van der Waals surface area (Å²) in [5.74, 6) is -1.16. The Morgan fingerprint density at radius 1 is 1.43 bits per heavy atom. The van der Waals surface area contributed by atoms with Crippen molar-refractivity contribution in [2.45, 2.75) is 19.8 Å². The van der Waals surface area contributed by atoms with E-state index in [1.54, 1.807) is 0 Å². The minimum absolute atomic E-state index is 0.00348. The second kappa shape index (κ2) is 6.32. The number of halogens is 3. The second-order valence-corrected chi connectivity index (χ2v) is 5.23. The molecule has 4 N–H and O–H groups in total. The van der Waals surface area contributed by atoms with Crippen LogP contribution < -0.4 is 11.1 Å². The molecule has 2 rings (SSSR count). The van der Waals surface area contributed by atoms with E-state index in [9.17, 15) is 9.18 Å². The molecule has 1 aromatic carbocycles. The molecule has 0 aliphatic carbocycles. The Kier molecular flexibility index (Phi) is 4.69. The van der Waals surface area contributed by atoms with E-state index in [-0.39, 0.29) is 27.1 Å². The predicted octanol–water partition coefficient (Wildman–Crippen LogP) is 3.64. The van der Waals surface area contributed by atoms with Crippen LogP contribution >= 0.6 is 23.2 Å². The summed E-state index contributed by atoms with van der Waals surface area (Å²) >= 11 is 11.7. The number of nitrogen functional groups attached to an aromatic ring is 1. The maximum absolute atomic E-state index is 13.1. The summed E-state index contributed by atoms with van der Waals surface area (Å²) in [5.41, 5.74) is 7.00. The van der Waals surface area contributed by atoms with Gasteiger partial charge in [0.2, 0.25) is 0 Å². The molecule has 0 spiro atoms. The van der Waals surface area contributed by atoms with Crippen molar-refractivity contribution in [2.75, 3.05) is 11.1 Å². The summed E-state index contributed by atoms with van der Waals surface area (Å²) in [6, 6.07) is 2.11. The first-order chi connectivity index (χ1) is 9.93. The van der Waals surface area contributed by atoms with E-state index >= 15 is 0 Å². The van der Waals surface area contributed by atoms with E-state index in [0.29, 0.717) is 12.1 Å². The molecule has 0 unspecified atom stereocenters. The topological polar surface area (TPSA) is 83.8 Å². The lowest BCUT2D eigenvalue weighted by atomic mass is 10.2. The number of hydrogen-bond acceptors (Lipinski definition) is 3. The van der Waals surface area contributed by atoms with Gasteiger partial charge in [-0.3, -0.25) is 9.89 Å². The normalized spacial score (nSPS) is 10.7. The van der Waals surface area contributed by atoms with Gasteiger partial charge in [-0.15, -0.1) is 0 Å². The third kappa shape index (κ3) is 3.28. The Bertz CT molecular complexity index is 664. The van der Waals surface area contributed by atoms with Gasteiger partial charge in [0.15, 0.2) is 5.69 Å². The van der Waals surface area contributed by atoms with Gasteiger partial charge in [-0.05, 0) is 18.6 Å². The number of aryl methyl sites for hydroxylation is 1. The fraction of sp³-hybridized carbons (Fsp3) is 0.231. The maximum Gasteiger partial charge on any atom is 0.278 e. The van der Waals surface area contributed by atoms with Crippen molar-refractivity contribution in [3.05, 3.63) is 39.4 Å². The molecule has 8 heteroatoms. The quantitative estimate of drug-likeness (QED) is 0.800. The lowest BCUT2D eigenvalue weighted by Crippen LogP contribution is -2.15. The van der Waals surface area contributed by atoms with E-state index in [0.717, 1.165) is 18.6 Å². The van der Waals surface area contributed by atoms with Crippen LogP contribution in [0.4, 0.5) is 15.8 Å². The number of rotatable bonds is 4. The maximum atomic E-state index is 13.1. The molecule has 1 heterocycles. The van der Waals surface area contributed by atoms with Crippen molar-refractivity contribution < 1.29 is 9.18 Å². The lowest BCUT2D eigenvalue weighted by molar-refractivity contribution is 0.102. The lowest BCUT2D eigenvalue weighted by Gasteiger charge is -2.08. The summed E-state index contributed by atoms with van der Waals surface area (Å²) in [5, 5.41) is 9.08. The molecule has 0 fully saturated rings. The number of hydrogen-bond donors (Lipinski definition) is 3. The molecule has 0 aliphatic heterocycles. The fourth-order valence-electron chi connectivity index (χ4n) is 1.83. The highest BCUT2D eigenvalue weighted by atomic mass is 35.5. The molecule has 2 aromatic rings. The third-order valence-electron chi connectivity index (χ3n) is 2.84. The summed E-state index contributed by atoms with van der Waals surface area (Å²) in [6.45, 7) is 1.98. The molecule has 21 heavy (non-hydrogen) atoms. The summed E-state index contributed by atoms with van der Waals surface area (Å²) in [6.07, 6.45) is 1.55. The SMILES string of the molecule is CCCc1[nH]nc(C(=O)Nc2c(Cl)cc(F)cc2Cl)c1N. The number of nitrogens with two attached hydrogens (primary N) is 1. The van der Waals surface area contributed by atoms with Crippen molar-refractivity contribution in [3.8, 4) is 0 Å². The molecule has 0 atom stereocenters. The summed E-state index contributed by atoms with van der Waals surface area (Å²) < 4.78 is 13.1. The zero-order valence-corrected chi connectivity index (χ0v) is 12.6. The molecular weight excluding hydrogens is 318 g/mol. The van der Waals surface area contributed by atoms with Crippen LogP contribution in [0.2, 0.25) is 10.0 Å². The van der Waals surface area contributed by atoms with E-state index in [4.69, 9.17) is 28.9 Å². The Balaban J connectivity index is 2.27. The van der Waals surface area contributed by atoms with Crippen LogP contribution in [0.15, 0.2) is 12.1 Å². The Morgan fingerprint density at radius 2 is 2.05 bits per heavy atom. The van der Waals surface area contributed by atoms with Crippen molar-refractivity contribution in [1.29, 1.82) is 0 Å². The van der Waals surface area contributed by atoms with Crippen LogP contribution in [0.3, 0.4) is 0 Å². The molecular formula is C13H13Cl2FN4O. The number of amides is 1. The standard InChI is InChI=1S/C13H13Cl2FN4O/c1-2-3-9-10(17)12(20-19-9)13(21)18-11-7(14)4-6(16)5-8(11)15/h4-5H,2-3,17H2,1H3,(H,18,21)(H,19,20). The average molecular weight is 331 g/mol. The smallest absolute Gasteiger partial charge is 0.278 e. The zero-order valence-electron chi connectivity index (χ0n) is 11.1. The van der Waals surface area contributed by atoms with Gasteiger partial charge in [-0.25, -0.2) is 4.39 Å². The number of carbonyl (C=O) groups excluding carboxylic acids is 1. The molecule has 0 bridgehead atoms. The van der Waals surface area contributed by atoms with Crippen LogP contribution in [0.5, 0.6) is 0 Å². The first-order valence-corrected chi connectivity index (χ1v) is 6.98. The van der Waals surface area contributed by atoms with Gasteiger partial charge in [0, 0.05) is 0 Å². The predicted molar refractivity (Wildman–Crippen MR) is 81.4 cm³/mol. The van der Waals surface area contributed by atoms with Gasteiger partial charge in [0.05, 0.1) is 27.1 Å². The van der Waals surface area contributed by atoms with Gasteiger partial charge in [-0.1, -0.05) is 36.5 Å². The van der Waals surface area contributed by atoms with Crippen LogP contribution in [-0.2, 0) is 6.42 Å². The van der Waals surface area contributed by atoms with Gasteiger partial charge >= 0.3 is 0 Å². The number of carbonyl (C=O) groups is 1. The number of nitrogens with zero attached hydrogens (tertiary/aromatic N) is 1. The number of H-pyrrole nitrogens is 1. The molecule has 5 nitrogen and oxygen atoms in total. The van der Waals surface area contributed by atoms with Crippen LogP contribution in [-0.4, -0.2) is 16.1 Å². The van der Waals surface area contributed by atoms with Crippen molar-refractivity contribution >= 4 is 40.5 Å². The monoisotopic (exact) mass is 330 g/mol. The number of benzene rings is 1. The van der Waals surface area contributed by atoms with Crippen molar-refractivity contribution in [1.82, 2.24) is 10.2 Å². The molecule has 0 saturated heterocycles. The first-order valence-electron chi connectivity index (χ1n) is 6.22. The Hall–Kier alpha value is -1.79. The van der Waals surface area contributed by atoms with Gasteiger partial charge in [-0.2, -0.15) is 5.10 Å². The highest BCUT2D eigenvalue weighted by Gasteiger charge is 2.19. The second-order valence-electron chi connectivity index (χ2n) is 4.41.